The normalized spacial score (nSPS) is 18.7. The first-order valence-electron chi connectivity index (χ1n) is 9.65. The summed E-state index contributed by atoms with van der Waals surface area (Å²) in [6.45, 7) is 10.3. The van der Waals surface area contributed by atoms with Crippen molar-refractivity contribution in [3.05, 3.63) is 11.7 Å². The third kappa shape index (κ3) is 7.38. The monoisotopic (exact) mass is 478 g/mol. The molecule has 0 amide bonds. The Morgan fingerprint density at radius 3 is 2.73 bits per heavy atom. The van der Waals surface area contributed by atoms with Crippen molar-refractivity contribution in [2.45, 2.75) is 64.8 Å². The minimum absolute atomic E-state index is 0. The number of aromatic nitrogens is 2. The summed E-state index contributed by atoms with van der Waals surface area (Å²) in [5.74, 6) is 2.56. The van der Waals surface area contributed by atoms with Gasteiger partial charge >= 0.3 is 0 Å². The van der Waals surface area contributed by atoms with Crippen LogP contribution in [0.15, 0.2) is 9.52 Å². The van der Waals surface area contributed by atoms with Crippen LogP contribution in [0, 0.1) is 0 Å². The Morgan fingerprint density at radius 1 is 1.31 bits per heavy atom. The van der Waals surface area contributed by atoms with Crippen LogP contribution in [0.3, 0.4) is 0 Å². The predicted octanol–water partition coefficient (Wildman–Crippen LogP) is 2.78. The van der Waals surface area contributed by atoms with Crippen LogP contribution < -0.4 is 10.6 Å². The minimum atomic E-state index is 0. The third-order valence-electron chi connectivity index (χ3n) is 4.77. The fourth-order valence-electron chi connectivity index (χ4n) is 3.25. The summed E-state index contributed by atoms with van der Waals surface area (Å²) in [5.41, 5.74) is 0. The van der Waals surface area contributed by atoms with E-state index in [2.05, 4.69) is 51.4 Å². The second-order valence-electron chi connectivity index (χ2n) is 6.97. The fraction of sp³-hybridized carbons (Fsp3) is 0.833. The summed E-state index contributed by atoms with van der Waals surface area (Å²) in [6.07, 6.45) is 5.98. The lowest BCUT2D eigenvalue weighted by atomic mass is 10.0. The van der Waals surface area contributed by atoms with E-state index in [0.717, 1.165) is 37.5 Å². The zero-order valence-electron chi connectivity index (χ0n) is 16.6. The number of piperidine rings is 1. The summed E-state index contributed by atoms with van der Waals surface area (Å²) in [4.78, 5) is 11.3. The standard InChI is InChI=1S/C18H34N6O.HI/c1-5-15-8-6-7-12-24(15)13-11-21-18(19-4)20-10-9-16-22-17(14(2)3)23-25-16;/h14-15H,5-13H2,1-4H3,(H2,19,20,21);1H. The Hall–Kier alpha value is -0.900. The van der Waals surface area contributed by atoms with E-state index in [9.17, 15) is 0 Å². The molecule has 150 valence electrons. The van der Waals surface area contributed by atoms with Gasteiger partial charge < -0.3 is 15.2 Å². The zero-order valence-corrected chi connectivity index (χ0v) is 19.0. The van der Waals surface area contributed by atoms with Gasteiger partial charge in [0.25, 0.3) is 0 Å². The van der Waals surface area contributed by atoms with Crippen LogP contribution in [0.2, 0.25) is 0 Å². The molecule has 26 heavy (non-hydrogen) atoms. The molecule has 1 atom stereocenters. The highest BCUT2D eigenvalue weighted by Gasteiger charge is 2.19. The second-order valence-corrected chi connectivity index (χ2v) is 6.97. The minimum Gasteiger partial charge on any atom is -0.356 e. The maximum atomic E-state index is 5.26. The lowest BCUT2D eigenvalue weighted by molar-refractivity contribution is 0.147. The highest BCUT2D eigenvalue weighted by molar-refractivity contribution is 14.0. The lowest BCUT2D eigenvalue weighted by Gasteiger charge is -2.35. The Bertz CT molecular complexity index is 534. The molecule has 1 fully saturated rings. The maximum Gasteiger partial charge on any atom is 0.228 e. The zero-order chi connectivity index (χ0) is 18.1. The first-order valence-corrected chi connectivity index (χ1v) is 9.65. The van der Waals surface area contributed by atoms with E-state index in [0.29, 0.717) is 18.2 Å². The van der Waals surface area contributed by atoms with Crippen molar-refractivity contribution in [1.29, 1.82) is 0 Å². The average Bonchev–Trinajstić information content (AvgIpc) is 3.10. The maximum absolute atomic E-state index is 5.26. The summed E-state index contributed by atoms with van der Waals surface area (Å²) >= 11 is 0. The van der Waals surface area contributed by atoms with Crippen molar-refractivity contribution < 1.29 is 4.52 Å². The smallest absolute Gasteiger partial charge is 0.228 e. The SMILES string of the molecule is CCC1CCCCN1CCNC(=NC)NCCc1nc(C(C)C)no1.I. The van der Waals surface area contributed by atoms with E-state index in [1.165, 1.54) is 32.2 Å². The van der Waals surface area contributed by atoms with Gasteiger partial charge in [-0.05, 0) is 25.8 Å². The number of guanidine groups is 1. The van der Waals surface area contributed by atoms with Crippen LogP contribution in [0.4, 0.5) is 0 Å². The molecule has 1 aromatic heterocycles. The van der Waals surface area contributed by atoms with E-state index < -0.39 is 0 Å². The fourth-order valence-corrected chi connectivity index (χ4v) is 3.25. The third-order valence-corrected chi connectivity index (χ3v) is 4.77. The van der Waals surface area contributed by atoms with Crippen LogP contribution >= 0.6 is 24.0 Å². The number of nitrogens with zero attached hydrogens (tertiary/aromatic N) is 4. The van der Waals surface area contributed by atoms with Gasteiger partial charge in [-0.3, -0.25) is 9.89 Å². The van der Waals surface area contributed by atoms with Gasteiger partial charge in [-0.25, -0.2) is 0 Å². The van der Waals surface area contributed by atoms with Gasteiger partial charge in [-0.2, -0.15) is 4.98 Å². The quantitative estimate of drug-likeness (QED) is 0.340. The van der Waals surface area contributed by atoms with Crippen molar-refractivity contribution in [3.8, 4) is 0 Å². The molecule has 2 rings (SSSR count). The van der Waals surface area contributed by atoms with Crippen LogP contribution in [-0.2, 0) is 6.42 Å². The van der Waals surface area contributed by atoms with E-state index in [4.69, 9.17) is 4.52 Å². The van der Waals surface area contributed by atoms with Crippen molar-refractivity contribution in [2.24, 2.45) is 4.99 Å². The first-order chi connectivity index (χ1) is 12.1. The summed E-state index contributed by atoms with van der Waals surface area (Å²) in [5, 5.41) is 10.7. The highest BCUT2D eigenvalue weighted by Crippen LogP contribution is 2.18. The number of nitrogens with one attached hydrogen (secondary N) is 2. The number of hydrogen-bond acceptors (Lipinski definition) is 5. The van der Waals surface area contributed by atoms with Crippen LogP contribution in [0.25, 0.3) is 0 Å². The molecular formula is C18H35IN6O. The molecule has 2 heterocycles. The second kappa shape index (κ2) is 12.5. The number of rotatable bonds is 8. The summed E-state index contributed by atoms with van der Waals surface area (Å²) in [7, 11) is 1.80. The summed E-state index contributed by atoms with van der Waals surface area (Å²) < 4.78 is 5.26. The number of hydrogen-bond donors (Lipinski definition) is 2. The molecule has 7 nitrogen and oxygen atoms in total. The first kappa shape index (κ1) is 23.1. The number of aliphatic imine (C=N–C) groups is 1. The van der Waals surface area contributed by atoms with E-state index in [1.54, 1.807) is 7.05 Å². The highest BCUT2D eigenvalue weighted by atomic mass is 127. The molecule has 0 spiro atoms. The molecule has 1 aliphatic heterocycles. The average molecular weight is 478 g/mol. The number of likely N-dealkylation sites (tertiary alicyclic amines) is 1. The van der Waals surface area contributed by atoms with Gasteiger partial charge in [-0.15, -0.1) is 24.0 Å². The molecule has 1 unspecified atom stereocenters. The van der Waals surface area contributed by atoms with Crippen LogP contribution in [0.1, 0.15) is 64.1 Å². The van der Waals surface area contributed by atoms with Gasteiger partial charge in [-0.1, -0.05) is 32.3 Å². The predicted molar refractivity (Wildman–Crippen MR) is 116 cm³/mol. The topological polar surface area (TPSA) is 78.6 Å². The Labute approximate surface area is 174 Å². The largest absolute Gasteiger partial charge is 0.356 e. The molecule has 0 bridgehead atoms. The molecule has 1 aromatic rings. The molecule has 0 aromatic carbocycles. The molecule has 0 radical (unpaired) electrons. The molecular weight excluding hydrogens is 443 g/mol. The van der Waals surface area contributed by atoms with E-state index in [1.807, 2.05) is 0 Å². The number of halogens is 1. The molecule has 1 saturated heterocycles. The summed E-state index contributed by atoms with van der Waals surface area (Å²) in [6, 6.07) is 0.748. The van der Waals surface area contributed by atoms with E-state index >= 15 is 0 Å². The van der Waals surface area contributed by atoms with E-state index in [-0.39, 0.29) is 24.0 Å². The van der Waals surface area contributed by atoms with Gasteiger partial charge in [0, 0.05) is 45.1 Å². The lowest BCUT2D eigenvalue weighted by Crippen LogP contribution is -2.46. The Balaban J connectivity index is 0.00000338. The van der Waals surface area contributed by atoms with Crippen molar-refractivity contribution in [3.63, 3.8) is 0 Å². The molecule has 1 aliphatic rings. The van der Waals surface area contributed by atoms with Gasteiger partial charge in [0.2, 0.25) is 5.89 Å². The molecule has 8 heteroatoms. The van der Waals surface area contributed by atoms with Gasteiger partial charge in [0.1, 0.15) is 0 Å². The van der Waals surface area contributed by atoms with Crippen LogP contribution in [0.5, 0.6) is 0 Å². The molecule has 2 N–H and O–H groups in total. The van der Waals surface area contributed by atoms with Crippen molar-refractivity contribution in [1.82, 2.24) is 25.7 Å². The van der Waals surface area contributed by atoms with Crippen molar-refractivity contribution in [2.75, 3.05) is 33.2 Å². The Kier molecular flexibility index (Phi) is 11.1. The Morgan fingerprint density at radius 2 is 2.08 bits per heavy atom. The van der Waals surface area contributed by atoms with Crippen molar-refractivity contribution >= 4 is 29.9 Å². The molecule has 0 aliphatic carbocycles. The van der Waals surface area contributed by atoms with Gasteiger partial charge in [0.05, 0.1) is 0 Å². The van der Waals surface area contributed by atoms with Gasteiger partial charge in [0.15, 0.2) is 11.8 Å². The molecule has 0 saturated carbocycles. The van der Waals surface area contributed by atoms with Crippen LogP contribution in [-0.4, -0.2) is 60.3 Å².